The van der Waals surface area contributed by atoms with Crippen LogP contribution in [-0.2, 0) is 11.8 Å². The average molecular weight is 266 g/mol. The Hall–Kier alpha value is -2.05. The third kappa shape index (κ3) is 2.69. The molecule has 104 valence electrons. The van der Waals surface area contributed by atoms with Gasteiger partial charge in [0.1, 0.15) is 0 Å². The summed E-state index contributed by atoms with van der Waals surface area (Å²) in [6.45, 7) is 4.46. The van der Waals surface area contributed by atoms with Gasteiger partial charge in [-0.2, -0.15) is 5.10 Å². The molecular weight excluding hydrogens is 248 g/mol. The number of carboxylic acid groups (broad SMARTS) is 1. The van der Waals surface area contributed by atoms with Crippen LogP contribution in [0.4, 0.5) is 10.5 Å². The van der Waals surface area contributed by atoms with Crippen molar-refractivity contribution in [1.29, 1.82) is 0 Å². The molecule has 1 fully saturated rings. The second-order valence-electron chi connectivity index (χ2n) is 5.02. The summed E-state index contributed by atoms with van der Waals surface area (Å²) in [6.07, 6.45) is 1.74. The molecule has 2 N–H and O–H groups in total. The van der Waals surface area contributed by atoms with Crippen LogP contribution >= 0.6 is 0 Å². The Morgan fingerprint density at radius 1 is 1.53 bits per heavy atom. The molecule has 0 saturated carbocycles. The number of nitrogens with one attached hydrogen (secondary N) is 1. The summed E-state index contributed by atoms with van der Waals surface area (Å²) in [5.41, 5.74) is 1.44. The van der Waals surface area contributed by atoms with Crippen molar-refractivity contribution in [3.63, 3.8) is 0 Å². The summed E-state index contributed by atoms with van der Waals surface area (Å²) in [4.78, 5) is 24.4. The van der Waals surface area contributed by atoms with Crippen LogP contribution in [0.1, 0.15) is 12.6 Å². The molecule has 2 amide bonds. The van der Waals surface area contributed by atoms with E-state index in [0.717, 1.165) is 5.69 Å². The predicted molar refractivity (Wildman–Crippen MR) is 68.8 cm³/mol. The largest absolute Gasteiger partial charge is 0.481 e. The molecule has 19 heavy (non-hydrogen) atoms. The molecule has 1 saturated heterocycles. The van der Waals surface area contributed by atoms with Crippen molar-refractivity contribution in [2.45, 2.75) is 13.8 Å². The molecule has 1 atom stereocenters. The van der Waals surface area contributed by atoms with Crippen LogP contribution in [0.15, 0.2) is 6.20 Å². The van der Waals surface area contributed by atoms with E-state index < -0.39 is 11.9 Å². The molecule has 7 heteroatoms. The van der Waals surface area contributed by atoms with Gasteiger partial charge < -0.3 is 15.3 Å². The van der Waals surface area contributed by atoms with Gasteiger partial charge in [-0.1, -0.05) is 6.92 Å². The smallest absolute Gasteiger partial charge is 0.321 e. The Morgan fingerprint density at radius 2 is 2.16 bits per heavy atom. The maximum absolute atomic E-state index is 11.9. The molecule has 7 nitrogen and oxygen atoms in total. The van der Waals surface area contributed by atoms with Crippen molar-refractivity contribution >= 4 is 17.7 Å². The van der Waals surface area contributed by atoms with Gasteiger partial charge in [-0.15, -0.1) is 0 Å². The van der Waals surface area contributed by atoms with Gasteiger partial charge in [0.15, 0.2) is 0 Å². The van der Waals surface area contributed by atoms with Crippen LogP contribution in [0.2, 0.25) is 0 Å². The third-order valence-electron chi connectivity index (χ3n) is 3.55. The number of anilines is 1. The number of nitrogens with zero attached hydrogens (tertiary/aromatic N) is 3. The second-order valence-corrected chi connectivity index (χ2v) is 5.02. The minimum Gasteiger partial charge on any atom is -0.481 e. The van der Waals surface area contributed by atoms with Gasteiger partial charge >= 0.3 is 12.0 Å². The number of aliphatic carboxylic acids is 1. The zero-order chi connectivity index (χ0) is 14.2. The summed E-state index contributed by atoms with van der Waals surface area (Å²) in [5.74, 6) is -1.18. The van der Waals surface area contributed by atoms with E-state index in [2.05, 4.69) is 10.4 Å². The van der Waals surface area contributed by atoms with Crippen LogP contribution in [0.3, 0.4) is 0 Å². The lowest BCUT2D eigenvalue weighted by molar-refractivity contribution is -0.144. The van der Waals surface area contributed by atoms with Crippen molar-refractivity contribution in [1.82, 2.24) is 14.7 Å². The standard InChI is InChI=1S/C12H18N4O3/c1-7(11(17)18)9-4-16(5-9)12(19)13-10-6-15(3)14-8(10)2/h6-7,9H,4-5H2,1-3H3,(H,13,19)(H,17,18). The lowest BCUT2D eigenvalue weighted by atomic mass is 9.87. The zero-order valence-corrected chi connectivity index (χ0v) is 11.3. The van der Waals surface area contributed by atoms with Crippen LogP contribution in [0, 0.1) is 18.8 Å². The maximum atomic E-state index is 11.9. The first-order chi connectivity index (χ1) is 8.88. The highest BCUT2D eigenvalue weighted by molar-refractivity contribution is 5.90. The molecule has 2 rings (SSSR count). The Labute approximate surface area is 111 Å². The first kappa shape index (κ1) is 13.4. The molecule has 1 aliphatic heterocycles. The number of amides is 2. The normalized spacial score (nSPS) is 16.9. The van der Waals surface area contributed by atoms with Crippen LogP contribution < -0.4 is 5.32 Å². The van der Waals surface area contributed by atoms with Crippen molar-refractivity contribution in [2.24, 2.45) is 18.9 Å². The highest BCUT2D eigenvalue weighted by atomic mass is 16.4. The van der Waals surface area contributed by atoms with Crippen molar-refractivity contribution in [3.8, 4) is 0 Å². The van der Waals surface area contributed by atoms with Crippen molar-refractivity contribution in [2.75, 3.05) is 18.4 Å². The van der Waals surface area contributed by atoms with Crippen molar-refractivity contribution < 1.29 is 14.7 Å². The molecule has 1 aromatic rings. The molecule has 0 bridgehead atoms. The summed E-state index contributed by atoms with van der Waals surface area (Å²) < 4.78 is 1.64. The van der Waals surface area contributed by atoms with Gasteiger partial charge in [-0.25, -0.2) is 4.79 Å². The summed E-state index contributed by atoms with van der Waals surface area (Å²) in [5, 5.41) is 15.8. The number of aromatic nitrogens is 2. The number of aryl methyl sites for hydroxylation is 2. The number of carbonyl (C=O) groups excluding carboxylic acids is 1. The predicted octanol–water partition coefficient (Wildman–Crippen LogP) is 0.913. The number of likely N-dealkylation sites (tertiary alicyclic amines) is 1. The highest BCUT2D eigenvalue weighted by Gasteiger charge is 2.37. The van der Waals surface area contributed by atoms with Crippen LogP contribution in [-0.4, -0.2) is 44.9 Å². The van der Waals surface area contributed by atoms with E-state index in [1.807, 2.05) is 6.92 Å². The average Bonchev–Trinajstić information content (AvgIpc) is 2.54. The van der Waals surface area contributed by atoms with E-state index >= 15 is 0 Å². The molecule has 1 unspecified atom stereocenters. The monoisotopic (exact) mass is 266 g/mol. The van der Waals surface area contributed by atoms with Crippen molar-refractivity contribution in [3.05, 3.63) is 11.9 Å². The van der Waals surface area contributed by atoms with Crippen LogP contribution in [0.5, 0.6) is 0 Å². The quantitative estimate of drug-likeness (QED) is 0.851. The summed E-state index contributed by atoms with van der Waals surface area (Å²) in [7, 11) is 1.79. The molecule has 2 heterocycles. The minimum absolute atomic E-state index is 0.0400. The van der Waals surface area contributed by atoms with E-state index in [-0.39, 0.29) is 11.9 Å². The van der Waals surface area contributed by atoms with Gasteiger partial charge in [-0.3, -0.25) is 9.48 Å². The maximum Gasteiger partial charge on any atom is 0.321 e. The fourth-order valence-corrected chi connectivity index (χ4v) is 2.11. The van der Waals surface area contributed by atoms with Gasteiger partial charge in [-0.05, 0) is 6.92 Å². The molecule has 0 spiro atoms. The minimum atomic E-state index is -0.812. The SMILES string of the molecule is Cc1nn(C)cc1NC(=O)N1CC(C(C)C(=O)O)C1. The van der Waals surface area contributed by atoms with E-state index in [9.17, 15) is 9.59 Å². The number of hydrogen-bond donors (Lipinski definition) is 2. The van der Waals surface area contributed by atoms with E-state index in [1.165, 1.54) is 0 Å². The van der Waals surface area contributed by atoms with E-state index in [4.69, 9.17) is 5.11 Å². The Balaban J connectivity index is 1.87. The van der Waals surface area contributed by atoms with Gasteiger partial charge in [0.2, 0.25) is 0 Å². The third-order valence-corrected chi connectivity index (χ3v) is 3.55. The first-order valence-corrected chi connectivity index (χ1v) is 6.17. The fourth-order valence-electron chi connectivity index (χ4n) is 2.11. The molecule has 0 radical (unpaired) electrons. The molecule has 1 aromatic heterocycles. The lowest BCUT2D eigenvalue weighted by Gasteiger charge is -2.40. The lowest BCUT2D eigenvalue weighted by Crippen LogP contribution is -2.54. The zero-order valence-electron chi connectivity index (χ0n) is 11.3. The molecule has 0 aliphatic carbocycles. The molecule has 0 aromatic carbocycles. The van der Waals surface area contributed by atoms with Crippen LogP contribution in [0.25, 0.3) is 0 Å². The van der Waals surface area contributed by atoms with E-state index in [0.29, 0.717) is 18.8 Å². The van der Waals surface area contributed by atoms with Gasteiger partial charge in [0, 0.05) is 32.3 Å². The van der Waals surface area contributed by atoms with E-state index in [1.54, 1.807) is 29.7 Å². The highest BCUT2D eigenvalue weighted by Crippen LogP contribution is 2.25. The Bertz CT molecular complexity index is 505. The summed E-state index contributed by atoms with van der Waals surface area (Å²) >= 11 is 0. The number of carboxylic acids is 1. The number of hydrogen-bond acceptors (Lipinski definition) is 3. The number of rotatable bonds is 3. The topological polar surface area (TPSA) is 87.5 Å². The number of urea groups is 1. The van der Waals surface area contributed by atoms with Gasteiger partial charge in [0.25, 0.3) is 0 Å². The van der Waals surface area contributed by atoms with Gasteiger partial charge in [0.05, 0.1) is 17.3 Å². The Kier molecular flexibility index (Phi) is 3.46. The fraction of sp³-hybridized carbons (Fsp3) is 0.583. The first-order valence-electron chi connectivity index (χ1n) is 6.17. The second kappa shape index (κ2) is 4.91. The molecule has 1 aliphatic rings. The Morgan fingerprint density at radius 3 is 2.63 bits per heavy atom. The molecular formula is C12H18N4O3. The number of carbonyl (C=O) groups is 2. The summed E-state index contributed by atoms with van der Waals surface area (Å²) in [6, 6.07) is -0.204.